The van der Waals surface area contributed by atoms with E-state index in [2.05, 4.69) is 5.32 Å². The van der Waals surface area contributed by atoms with Gasteiger partial charge in [-0.15, -0.1) is 11.8 Å². The average molecular weight is 430 g/mol. The molecule has 0 atom stereocenters. The van der Waals surface area contributed by atoms with E-state index < -0.39 is 29.0 Å². The Morgan fingerprint density at radius 3 is 2.50 bits per heavy atom. The Morgan fingerprint density at radius 2 is 1.77 bits per heavy atom. The van der Waals surface area contributed by atoms with Crippen molar-refractivity contribution in [1.29, 1.82) is 0 Å². The Bertz CT molecular complexity index is 1000. The van der Waals surface area contributed by atoms with Crippen molar-refractivity contribution < 1.29 is 18.0 Å². The highest BCUT2D eigenvalue weighted by molar-refractivity contribution is 8.03. The first kappa shape index (κ1) is 19.1. The van der Waals surface area contributed by atoms with E-state index in [0.717, 1.165) is 31.3 Å². The summed E-state index contributed by atoms with van der Waals surface area (Å²) in [4.78, 5) is 12.1. The standard InChI is InChI=1S/C17H10F3NOS4/c18-10-6-7-11(15(20)14(10)19)21-12(22)8-24-17-13(16(23)25-26-17)9-4-2-1-3-5-9/h1-7H,8H2,(H,21,22). The van der Waals surface area contributed by atoms with Crippen LogP contribution in [-0.2, 0) is 4.79 Å². The first-order valence-corrected chi connectivity index (χ1v) is 10.8. The lowest BCUT2D eigenvalue weighted by atomic mass is 10.1. The van der Waals surface area contributed by atoms with Crippen molar-refractivity contribution in [3.05, 3.63) is 63.7 Å². The SMILES string of the molecule is O=C(CSc1ssc(=S)c1-c1ccccc1)Nc1ccc(F)c(F)c1F. The van der Waals surface area contributed by atoms with Gasteiger partial charge in [0, 0.05) is 5.56 Å². The van der Waals surface area contributed by atoms with Crippen molar-refractivity contribution in [3.8, 4) is 11.1 Å². The predicted octanol–water partition coefficient (Wildman–Crippen LogP) is 6.35. The van der Waals surface area contributed by atoms with Crippen LogP contribution in [0, 0.1) is 21.3 Å². The molecule has 1 heterocycles. The molecule has 3 aromatic rings. The van der Waals surface area contributed by atoms with Gasteiger partial charge in [-0.25, -0.2) is 13.2 Å². The van der Waals surface area contributed by atoms with Gasteiger partial charge in [0.25, 0.3) is 0 Å². The van der Waals surface area contributed by atoms with Crippen LogP contribution < -0.4 is 5.32 Å². The normalized spacial score (nSPS) is 10.7. The number of anilines is 1. The maximum Gasteiger partial charge on any atom is 0.234 e. The van der Waals surface area contributed by atoms with Crippen LogP contribution in [0.3, 0.4) is 0 Å². The quantitative estimate of drug-likeness (QED) is 0.222. The summed E-state index contributed by atoms with van der Waals surface area (Å²) in [5.41, 5.74) is 1.47. The van der Waals surface area contributed by atoms with E-state index in [1.807, 2.05) is 30.3 Å². The van der Waals surface area contributed by atoms with Gasteiger partial charge in [0.15, 0.2) is 17.5 Å². The molecule has 26 heavy (non-hydrogen) atoms. The molecule has 1 amide bonds. The lowest BCUT2D eigenvalue weighted by Crippen LogP contribution is -2.15. The summed E-state index contributed by atoms with van der Waals surface area (Å²) in [6, 6.07) is 11.3. The minimum atomic E-state index is -1.61. The number of rotatable bonds is 5. The van der Waals surface area contributed by atoms with Crippen molar-refractivity contribution in [2.75, 3.05) is 11.1 Å². The van der Waals surface area contributed by atoms with Crippen molar-refractivity contribution in [3.63, 3.8) is 0 Å². The third kappa shape index (κ3) is 4.17. The fourth-order valence-electron chi connectivity index (χ4n) is 2.12. The number of halogens is 3. The van der Waals surface area contributed by atoms with E-state index in [1.165, 1.54) is 32.4 Å². The molecule has 9 heteroatoms. The van der Waals surface area contributed by atoms with Crippen LogP contribution in [0.15, 0.2) is 46.7 Å². The summed E-state index contributed by atoms with van der Waals surface area (Å²) in [6.45, 7) is 0. The van der Waals surface area contributed by atoms with Gasteiger partial charge in [0.05, 0.1) is 15.6 Å². The van der Waals surface area contributed by atoms with Gasteiger partial charge in [0.2, 0.25) is 5.91 Å². The molecular formula is C17H10F3NOS4. The van der Waals surface area contributed by atoms with Crippen molar-refractivity contribution in [1.82, 2.24) is 0 Å². The molecule has 0 saturated heterocycles. The lowest BCUT2D eigenvalue weighted by molar-refractivity contribution is -0.113. The zero-order valence-electron chi connectivity index (χ0n) is 12.9. The van der Waals surface area contributed by atoms with Gasteiger partial charge in [0.1, 0.15) is 3.82 Å². The molecule has 0 unspecified atom stereocenters. The first-order valence-electron chi connectivity index (χ1n) is 7.22. The Kier molecular flexibility index (Phi) is 6.13. The van der Waals surface area contributed by atoms with Crippen molar-refractivity contribution in [2.45, 2.75) is 4.21 Å². The zero-order chi connectivity index (χ0) is 18.7. The molecule has 0 spiro atoms. The van der Waals surface area contributed by atoms with Crippen LogP contribution in [0.5, 0.6) is 0 Å². The Hall–Kier alpha value is -1.68. The zero-order valence-corrected chi connectivity index (χ0v) is 16.2. The summed E-state index contributed by atoms with van der Waals surface area (Å²) in [5, 5.41) is 2.26. The largest absolute Gasteiger partial charge is 0.323 e. The highest BCUT2D eigenvalue weighted by atomic mass is 32.9. The van der Waals surface area contributed by atoms with Gasteiger partial charge >= 0.3 is 0 Å². The van der Waals surface area contributed by atoms with Gasteiger partial charge in [-0.2, -0.15) is 0 Å². The predicted molar refractivity (Wildman–Crippen MR) is 104 cm³/mol. The summed E-state index contributed by atoms with van der Waals surface area (Å²) >= 11 is 6.63. The number of benzene rings is 2. The van der Waals surface area contributed by atoms with Crippen LogP contribution in [-0.4, -0.2) is 11.7 Å². The van der Waals surface area contributed by atoms with Crippen LogP contribution in [0.25, 0.3) is 11.1 Å². The Labute approximate surface area is 164 Å². The number of nitrogens with one attached hydrogen (secondary N) is 1. The van der Waals surface area contributed by atoms with E-state index >= 15 is 0 Å². The van der Waals surface area contributed by atoms with Crippen LogP contribution in [0.4, 0.5) is 18.9 Å². The molecule has 2 nitrogen and oxygen atoms in total. The molecule has 0 aliphatic carbocycles. The minimum Gasteiger partial charge on any atom is -0.323 e. The number of thioether (sulfide) groups is 1. The van der Waals surface area contributed by atoms with Gasteiger partial charge in [-0.1, -0.05) is 63.2 Å². The molecule has 134 valence electrons. The molecule has 3 rings (SSSR count). The number of carbonyl (C=O) groups excluding carboxylic acids is 1. The highest BCUT2D eigenvalue weighted by Gasteiger charge is 2.17. The fraction of sp³-hybridized carbons (Fsp3) is 0.0588. The molecular weight excluding hydrogens is 419 g/mol. The van der Waals surface area contributed by atoms with E-state index in [1.54, 1.807) is 0 Å². The number of carbonyl (C=O) groups is 1. The molecule has 0 radical (unpaired) electrons. The number of amides is 1. The molecule has 0 aliphatic rings. The van der Waals surface area contributed by atoms with Gasteiger partial charge in [-0.3, -0.25) is 4.79 Å². The highest BCUT2D eigenvalue weighted by Crippen LogP contribution is 2.40. The second-order valence-electron chi connectivity index (χ2n) is 5.04. The second kappa shape index (κ2) is 8.34. The smallest absolute Gasteiger partial charge is 0.234 e. The first-order chi connectivity index (χ1) is 12.5. The maximum atomic E-state index is 13.6. The Morgan fingerprint density at radius 1 is 1.04 bits per heavy atom. The van der Waals surface area contributed by atoms with Crippen molar-refractivity contribution >= 4 is 56.3 Å². The molecule has 1 aromatic heterocycles. The number of hydrogen-bond donors (Lipinski definition) is 1. The van der Waals surface area contributed by atoms with Gasteiger partial charge < -0.3 is 5.32 Å². The van der Waals surface area contributed by atoms with Crippen LogP contribution in [0.1, 0.15) is 0 Å². The fourth-order valence-corrected chi connectivity index (χ4v) is 6.42. The second-order valence-corrected chi connectivity index (χ2v) is 9.10. The molecule has 1 N–H and O–H groups in total. The van der Waals surface area contributed by atoms with Gasteiger partial charge in [-0.05, 0) is 17.7 Å². The minimum absolute atomic E-state index is 0.0136. The summed E-state index contributed by atoms with van der Waals surface area (Å²) in [6.07, 6.45) is 0. The maximum absolute atomic E-state index is 13.6. The Balaban J connectivity index is 1.72. The number of hydrogen-bond acceptors (Lipinski definition) is 5. The molecule has 0 saturated carbocycles. The van der Waals surface area contributed by atoms with Crippen LogP contribution >= 0.6 is 44.7 Å². The van der Waals surface area contributed by atoms with E-state index in [-0.39, 0.29) is 5.75 Å². The topological polar surface area (TPSA) is 29.1 Å². The average Bonchev–Trinajstić information content (AvgIpc) is 3.02. The molecule has 0 fully saturated rings. The summed E-state index contributed by atoms with van der Waals surface area (Å²) in [5.74, 6) is -4.87. The lowest BCUT2D eigenvalue weighted by Gasteiger charge is -2.07. The van der Waals surface area contributed by atoms with E-state index in [4.69, 9.17) is 12.2 Å². The third-order valence-corrected chi connectivity index (χ3v) is 7.92. The monoisotopic (exact) mass is 429 g/mol. The summed E-state index contributed by atoms with van der Waals surface area (Å²) < 4.78 is 41.4. The van der Waals surface area contributed by atoms with Crippen molar-refractivity contribution in [2.24, 2.45) is 0 Å². The molecule has 0 aliphatic heterocycles. The summed E-state index contributed by atoms with van der Waals surface area (Å²) in [7, 11) is 2.90. The van der Waals surface area contributed by atoms with E-state index in [0.29, 0.717) is 0 Å². The third-order valence-electron chi connectivity index (χ3n) is 3.31. The molecule has 2 aromatic carbocycles. The van der Waals surface area contributed by atoms with E-state index in [9.17, 15) is 18.0 Å². The molecule has 0 bridgehead atoms. The van der Waals surface area contributed by atoms with Crippen LogP contribution in [0.2, 0.25) is 0 Å².